The summed E-state index contributed by atoms with van der Waals surface area (Å²) in [4.78, 5) is 42.8. The molecule has 0 aliphatic carbocycles. The van der Waals surface area contributed by atoms with Gasteiger partial charge in [-0.05, 0) is 57.2 Å². The van der Waals surface area contributed by atoms with Crippen LogP contribution in [0.3, 0.4) is 0 Å². The molecule has 0 radical (unpaired) electrons. The number of fused-ring (bicyclic) bond motifs is 1. The van der Waals surface area contributed by atoms with E-state index in [0.717, 1.165) is 87.2 Å². The third kappa shape index (κ3) is 8.00. The fourth-order valence-electron chi connectivity index (χ4n) is 9.39. The summed E-state index contributed by atoms with van der Waals surface area (Å²) in [6.07, 6.45) is 11.5. The molecule has 5 aliphatic heterocycles. The van der Waals surface area contributed by atoms with Gasteiger partial charge < -0.3 is 24.8 Å². The van der Waals surface area contributed by atoms with Gasteiger partial charge in [0.1, 0.15) is 27.6 Å². The van der Waals surface area contributed by atoms with Crippen LogP contribution in [0.25, 0.3) is 10.8 Å². The van der Waals surface area contributed by atoms with E-state index >= 15 is 4.39 Å². The highest BCUT2D eigenvalue weighted by Crippen LogP contribution is 2.41. The number of carbonyl (C=O) groups excluding carboxylic acids is 1. The van der Waals surface area contributed by atoms with Crippen LogP contribution in [0, 0.1) is 5.92 Å². The van der Waals surface area contributed by atoms with E-state index in [9.17, 15) is 13.2 Å². The van der Waals surface area contributed by atoms with Crippen LogP contribution < -0.4 is 15.1 Å². The van der Waals surface area contributed by atoms with Crippen molar-refractivity contribution in [1.29, 1.82) is 0 Å². The average Bonchev–Trinajstić information content (AvgIpc) is 3.69. The monoisotopic (exact) mass is 776 g/mol. The summed E-state index contributed by atoms with van der Waals surface area (Å²) in [5, 5.41) is 5.08. The molecule has 3 aromatic heterocycles. The molecule has 14 nitrogen and oxygen atoms in total. The smallest absolute Gasteiger partial charge is 0.246 e. The number of nitrogens with zero attached hydrogens (tertiary/aromatic N) is 9. The van der Waals surface area contributed by atoms with Crippen molar-refractivity contribution >= 4 is 49.8 Å². The molecule has 1 amide bonds. The number of amides is 1. The van der Waals surface area contributed by atoms with Crippen LogP contribution >= 0.6 is 0 Å². The summed E-state index contributed by atoms with van der Waals surface area (Å²) in [5.74, 6) is 1.59. The predicted octanol–water partition coefficient (Wildman–Crippen LogP) is 3.60. The van der Waals surface area contributed by atoms with Crippen molar-refractivity contribution < 1.29 is 22.3 Å². The lowest BCUT2D eigenvalue weighted by Crippen LogP contribution is -2.59. The highest BCUT2D eigenvalue weighted by Gasteiger charge is 2.40. The normalized spacial score (nSPS) is 27.3. The first-order chi connectivity index (χ1) is 26.6. The minimum atomic E-state index is -3.11. The van der Waals surface area contributed by atoms with Gasteiger partial charge in [0, 0.05) is 112 Å². The lowest BCUT2D eigenvalue weighted by Gasteiger charge is -2.48. The van der Waals surface area contributed by atoms with E-state index in [-0.39, 0.29) is 42.2 Å². The number of hydrogen-bond acceptors (Lipinski definition) is 13. The second kappa shape index (κ2) is 15.9. The Kier molecular flexibility index (Phi) is 10.9. The van der Waals surface area contributed by atoms with Gasteiger partial charge >= 0.3 is 0 Å². The zero-order valence-electron chi connectivity index (χ0n) is 31.9. The summed E-state index contributed by atoms with van der Waals surface area (Å²) in [7, 11) is -3.11. The van der Waals surface area contributed by atoms with Gasteiger partial charge in [-0.15, -0.1) is 0 Å². The fourth-order valence-corrected chi connectivity index (χ4v) is 10.6. The zero-order chi connectivity index (χ0) is 38.3. The number of rotatable bonds is 10. The van der Waals surface area contributed by atoms with Crippen molar-refractivity contribution in [3.05, 3.63) is 49.1 Å². The van der Waals surface area contributed by atoms with Crippen LogP contribution in [-0.2, 0) is 19.4 Å². The standard InChI is InChI=1S/C39H53FN10O4S/c1-4-37(51)49-12-5-6-33(49)38-29-20-36(42-21-30(29)34(22-43-38)50-23-27(26(50)2)25-55(3,52)53)44-35-7-11-41-39(45-35)48-13-8-32(31(40)24-48)47-16-14-46(15-17-47)28-9-18-54-19-10-28/h4,7,11,20-22,26-28,31-33H,1,5-6,8-10,12-19,23-25H2,2-3H3,(H,41,42,44,45)/t26-,27-,31+,32-,33?/m1/s1. The summed E-state index contributed by atoms with van der Waals surface area (Å²) in [6.45, 7) is 13.3. The Morgan fingerprint density at radius 3 is 2.49 bits per heavy atom. The highest BCUT2D eigenvalue weighted by molar-refractivity contribution is 7.90. The van der Waals surface area contributed by atoms with E-state index in [0.29, 0.717) is 49.7 Å². The van der Waals surface area contributed by atoms with Crippen LogP contribution in [0.5, 0.6) is 0 Å². The van der Waals surface area contributed by atoms with Gasteiger partial charge in [-0.3, -0.25) is 19.6 Å². The molecule has 3 aromatic rings. The Balaban J connectivity index is 0.985. The molecular formula is C39H53FN10O4S. The summed E-state index contributed by atoms with van der Waals surface area (Å²) in [5.41, 5.74) is 1.66. The largest absolute Gasteiger partial charge is 0.381 e. The molecule has 5 saturated heterocycles. The highest BCUT2D eigenvalue weighted by atomic mass is 32.2. The molecule has 16 heteroatoms. The Morgan fingerprint density at radius 1 is 0.982 bits per heavy atom. The number of anilines is 4. The van der Waals surface area contributed by atoms with Crippen LogP contribution in [-0.4, -0.2) is 151 Å². The number of ether oxygens (including phenoxy) is 1. The lowest BCUT2D eigenvalue weighted by molar-refractivity contribution is -0.126. The van der Waals surface area contributed by atoms with Gasteiger partial charge in [0.25, 0.3) is 0 Å². The van der Waals surface area contributed by atoms with E-state index in [2.05, 4.69) is 31.6 Å². The van der Waals surface area contributed by atoms with Crippen LogP contribution in [0.15, 0.2) is 43.4 Å². The number of piperidine rings is 1. The molecule has 5 fully saturated rings. The first kappa shape index (κ1) is 37.9. The minimum absolute atomic E-state index is 0.00879. The maximum Gasteiger partial charge on any atom is 0.246 e. The number of pyridine rings is 2. The van der Waals surface area contributed by atoms with Crippen molar-refractivity contribution in [2.45, 2.75) is 69.4 Å². The van der Waals surface area contributed by atoms with Crippen LogP contribution in [0.4, 0.5) is 27.7 Å². The fraction of sp³-hybridized carbons (Fsp3) is 0.615. The number of carbonyl (C=O) groups is 1. The van der Waals surface area contributed by atoms with Gasteiger partial charge in [-0.2, -0.15) is 4.98 Å². The Hall–Kier alpha value is -3.99. The molecule has 296 valence electrons. The maximum absolute atomic E-state index is 15.9. The minimum Gasteiger partial charge on any atom is -0.381 e. The Labute approximate surface area is 323 Å². The second-order valence-electron chi connectivity index (χ2n) is 15.9. The van der Waals surface area contributed by atoms with Gasteiger partial charge in [-0.25, -0.2) is 22.8 Å². The summed E-state index contributed by atoms with van der Waals surface area (Å²) < 4.78 is 45.5. The molecule has 5 atom stereocenters. The number of halogens is 1. The molecule has 55 heavy (non-hydrogen) atoms. The third-order valence-electron chi connectivity index (χ3n) is 12.5. The van der Waals surface area contributed by atoms with Crippen molar-refractivity contribution in [3.63, 3.8) is 0 Å². The molecule has 0 spiro atoms. The molecule has 8 rings (SSSR count). The van der Waals surface area contributed by atoms with Gasteiger partial charge in [0.2, 0.25) is 11.9 Å². The Morgan fingerprint density at radius 2 is 1.76 bits per heavy atom. The van der Waals surface area contributed by atoms with Crippen LogP contribution in [0.1, 0.15) is 50.8 Å². The summed E-state index contributed by atoms with van der Waals surface area (Å²) in [6, 6.07) is 3.98. The molecule has 5 aliphatic rings. The Bertz CT molecular complexity index is 1990. The van der Waals surface area contributed by atoms with Gasteiger partial charge in [-0.1, -0.05) is 6.58 Å². The molecule has 0 bridgehead atoms. The lowest BCUT2D eigenvalue weighted by atomic mass is 9.90. The summed E-state index contributed by atoms with van der Waals surface area (Å²) >= 11 is 0. The van der Waals surface area contributed by atoms with Crippen molar-refractivity contribution in [1.82, 2.24) is 34.6 Å². The molecule has 8 heterocycles. The molecular weight excluding hydrogens is 724 g/mol. The van der Waals surface area contributed by atoms with E-state index in [1.807, 2.05) is 35.2 Å². The molecule has 1 unspecified atom stereocenters. The first-order valence-corrected chi connectivity index (χ1v) is 21.8. The van der Waals surface area contributed by atoms with E-state index in [1.165, 1.54) is 12.3 Å². The average molecular weight is 777 g/mol. The van der Waals surface area contributed by atoms with Crippen molar-refractivity contribution in [2.75, 3.05) is 92.7 Å². The molecule has 0 saturated carbocycles. The zero-order valence-corrected chi connectivity index (χ0v) is 32.7. The first-order valence-electron chi connectivity index (χ1n) is 19.8. The number of aromatic nitrogens is 4. The van der Waals surface area contributed by atoms with E-state index < -0.39 is 16.0 Å². The number of nitrogens with one attached hydrogen (secondary N) is 1. The number of likely N-dealkylation sites (tertiary alicyclic amines) is 1. The maximum atomic E-state index is 15.9. The number of piperazine rings is 1. The second-order valence-corrected chi connectivity index (χ2v) is 18.1. The predicted molar refractivity (Wildman–Crippen MR) is 211 cm³/mol. The molecule has 0 aromatic carbocycles. The van der Waals surface area contributed by atoms with Crippen molar-refractivity contribution in [3.8, 4) is 0 Å². The quantitative estimate of drug-likeness (QED) is 0.301. The van der Waals surface area contributed by atoms with Crippen molar-refractivity contribution in [2.24, 2.45) is 5.92 Å². The number of alkyl halides is 1. The molecule has 1 N–H and O–H groups in total. The SMILES string of the molecule is C=CC(=O)N1CCCC1c1ncc(N2C[C@H](CS(C)(=O)=O)[C@H]2C)c2cnc(Nc3ccnc(N4CC[C@@H](N5CCN(C6CCOCC6)CC5)[C@@H](F)C4)n3)cc12. The van der Waals surface area contributed by atoms with E-state index in [1.54, 1.807) is 12.3 Å². The number of sulfone groups is 1. The van der Waals surface area contributed by atoms with Gasteiger partial charge in [0.15, 0.2) is 0 Å². The number of hydrogen-bond donors (Lipinski definition) is 1. The van der Waals surface area contributed by atoms with E-state index in [4.69, 9.17) is 19.7 Å². The van der Waals surface area contributed by atoms with Crippen LogP contribution in [0.2, 0.25) is 0 Å². The van der Waals surface area contributed by atoms with Gasteiger partial charge in [0.05, 0.1) is 35.9 Å². The topological polar surface area (TPSA) is 140 Å². The third-order valence-corrected chi connectivity index (χ3v) is 13.5.